The second-order valence-electron chi connectivity index (χ2n) is 6.50. The highest BCUT2D eigenvalue weighted by molar-refractivity contribution is 7.99. The van der Waals surface area contributed by atoms with Gasteiger partial charge in [-0.2, -0.15) is 5.26 Å². The van der Waals surface area contributed by atoms with E-state index in [0.717, 1.165) is 15.9 Å². The quantitative estimate of drug-likeness (QED) is 0.630. The number of anilines is 1. The van der Waals surface area contributed by atoms with E-state index in [0.29, 0.717) is 49.4 Å². The first-order valence-corrected chi connectivity index (χ1v) is 10.0. The Bertz CT molecular complexity index is 1050. The van der Waals surface area contributed by atoms with Crippen molar-refractivity contribution in [3.8, 4) is 6.07 Å². The fourth-order valence-corrected chi connectivity index (χ4v) is 4.00. The number of piperazine rings is 1. The molecule has 0 atom stereocenters. The molecular weight excluding hydrogens is 374 g/mol. The van der Waals surface area contributed by atoms with Crippen molar-refractivity contribution in [1.29, 1.82) is 5.26 Å². The van der Waals surface area contributed by atoms with E-state index in [-0.39, 0.29) is 5.91 Å². The summed E-state index contributed by atoms with van der Waals surface area (Å²) in [5.74, 6) is 1.43. The monoisotopic (exact) mass is 393 g/mol. The molecule has 7 nitrogen and oxygen atoms in total. The Morgan fingerprint density at radius 2 is 1.96 bits per heavy atom. The molecule has 1 aromatic carbocycles. The predicted molar refractivity (Wildman–Crippen MR) is 107 cm³/mol. The summed E-state index contributed by atoms with van der Waals surface area (Å²) in [4.78, 5) is 25.1. The molecule has 142 valence electrons. The molecule has 0 radical (unpaired) electrons. The lowest BCUT2D eigenvalue weighted by Gasteiger charge is -2.34. The van der Waals surface area contributed by atoms with E-state index in [9.17, 15) is 10.1 Å². The summed E-state index contributed by atoms with van der Waals surface area (Å²) in [5.41, 5.74) is 1.24. The Morgan fingerprint density at radius 1 is 1.18 bits per heavy atom. The van der Waals surface area contributed by atoms with Crippen LogP contribution >= 0.6 is 11.8 Å². The van der Waals surface area contributed by atoms with E-state index < -0.39 is 0 Å². The van der Waals surface area contributed by atoms with Crippen molar-refractivity contribution in [2.75, 3.05) is 36.8 Å². The number of aryl methyl sites for hydroxylation is 1. The number of rotatable bonds is 4. The highest BCUT2D eigenvalue weighted by Gasteiger charge is 2.25. The number of nitrogens with zero attached hydrogens (tertiary/aromatic N) is 5. The van der Waals surface area contributed by atoms with E-state index in [1.54, 1.807) is 6.92 Å². The van der Waals surface area contributed by atoms with Gasteiger partial charge in [0.25, 0.3) is 0 Å². The number of carbonyl (C=O) groups is 1. The number of hydrogen-bond donors (Lipinski definition) is 0. The average Bonchev–Trinajstić information content (AvgIpc) is 3.12. The highest BCUT2D eigenvalue weighted by Crippen LogP contribution is 2.24. The van der Waals surface area contributed by atoms with Crippen LogP contribution in [0.4, 0.5) is 5.88 Å². The van der Waals surface area contributed by atoms with E-state index >= 15 is 0 Å². The first kappa shape index (κ1) is 18.3. The van der Waals surface area contributed by atoms with Crippen LogP contribution in [0.25, 0.3) is 10.9 Å². The van der Waals surface area contributed by atoms with Crippen LogP contribution in [0, 0.1) is 18.3 Å². The van der Waals surface area contributed by atoms with Crippen LogP contribution in [0.3, 0.4) is 0 Å². The summed E-state index contributed by atoms with van der Waals surface area (Å²) in [5, 5.41) is 11.1. The lowest BCUT2D eigenvalue weighted by atomic mass is 10.2. The fourth-order valence-electron chi connectivity index (χ4n) is 3.22. The number of oxazole rings is 1. The molecule has 3 aromatic rings. The number of amides is 1. The van der Waals surface area contributed by atoms with Gasteiger partial charge in [0.2, 0.25) is 17.5 Å². The molecule has 4 rings (SSSR count). The van der Waals surface area contributed by atoms with Crippen LogP contribution in [0.1, 0.15) is 11.6 Å². The third-order valence-electron chi connectivity index (χ3n) is 4.66. The molecule has 0 saturated carbocycles. The number of hydrogen-bond acceptors (Lipinski definition) is 7. The highest BCUT2D eigenvalue weighted by atomic mass is 32.2. The number of fused-ring (bicyclic) bond motifs is 1. The number of nitriles is 1. The number of aromatic nitrogens is 2. The minimum atomic E-state index is 0.0915. The van der Waals surface area contributed by atoms with E-state index in [1.165, 1.54) is 11.8 Å². The molecule has 1 saturated heterocycles. The van der Waals surface area contributed by atoms with Crippen LogP contribution < -0.4 is 4.90 Å². The summed E-state index contributed by atoms with van der Waals surface area (Å²) >= 11 is 1.46. The van der Waals surface area contributed by atoms with Gasteiger partial charge in [-0.25, -0.2) is 9.97 Å². The van der Waals surface area contributed by atoms with Crippen LogP contribution in [0.15, 0.2) is 45.8 Å². The summed E-state index contributed by atoms with van der Waals surface area (Å²) in [6.45, 7) is 4.15. The topological polar surface area (TPSA) is 86.3 Å². The standard InChI is InChI=1S/C20H19N5O2S/c1-14-22-17(12-21)20(27-14)25-10-8-24(9-11-25)19(26)13-28-18-7-6-15-4-2-3-5-16(15)23-18/h2-7H,8-11,13H2,1H3. The predicted octanol–water partition coefficient (Wildman–Crippen LogP) is 2.84. The van der Waals surface area contributed by atoms with Gasteiger partial charge in [0, 0.05) is 38.5 Å². The molecule has 0 unspecified atom stereocenters. The largest absolute Gasteiger partial charge is 0.424 e. The number of pyridine rings is 1. The molecule has 0 bridgehead atoms. The number of thioether (sulfide) groups is 1. The van der Waals surface area contributed by atoms with Crippen LogP contribution in [-0.2, 0) is 4.79 Å². The summed E-state index contributed by atoms with van der Waals surface area (Å²) in [6.07, 6.45) is 0. The Kier molecular flexibility index (Phi) is 5.17. The number of para-hydroxylation sites is 1. The van der Waals surface area contributed by atoms with Crippen molar-refractivity contribution < 1.29 is 9.21 Å². The molecule has 3 heterocycles. The van der Waals surface area contributed by atoms with Gasteiger partial charge >= 0.3 is 0 Å². The van der Waals surface area contributed by atoms with Gasteiger partial charge in [0.05, 0.1) is 16.3 Å². The van der Waals surface area contributed by atoms with Crippen LogP contribution in [-0.4, -0.2) is 52.7 Å². The molecule has 1 amide bonds. The maximum absolute atomic E-state index is 12.6. The smallest absolute Gasteiger partial charge is 0.234 e. The zero-order valence-corrected chi connectivity index (χ0v) is 16.3. The second kappa shape index (κ2) is 7.90. The van der Waals surface area contributed by atoms with E-state index in [4.69, 9.17) is 4.42 Å². The summed E-state index contributed by atoms with van der Waals surface area (Å²) < 4.78 is 5.56. The molecule has 8 heteroatoms. The first-order valence-electron chi connectivity index (χ1n) is 9.03. The Hall–Kier alpha value is -3.05. The molecule has 0 N–H and O–H groups in total. The normalized spacial score (nSPS) is 14.3. The minimum Gasteiger partial charge on any atom is -0.424 e. The first-order chi connectivity index (χ1) is 13.6. The Labute approximate surface area is 167 Å². The van der Waals surface area contributed by atoms with Crippen LogP contribution in [0.5, 0.6) is 0 Å². The van der Waals surface area contributed by atoms with Gasteiger partial charge in [0.15, 0.2) is 5.89 Å². The fraction of sp³-hybridized carbons (Fsp3) is 0.300. The van der Waals surface area contributed by atoms with Gasteiger partial charge in [-0.15, -0.1) is 0 Å². The van der Waals surface area contributed by atoms with Crippen molar-refractivity contribution in [1.82, 2.24) is 14.9 Å². The zero-order valence-electron chi connectivity index (χ0n) is 15.5. The Morgan fingerprint density at radius 3 is 2.75 bits per heavy atom. The minimum absolute atomic E-state index is 0.0915. The van der Waals surface area contributed by atoms with Gasteiger partial charge in [-0.1, -0.05) is 36.0 Å². The van der Waals surface area contributed by atoms with Crippen molar-refractivity contribution in [3.05, 3.63) is 48.0 Å². The molecule has 1 fully saturated rings. The maximum Gasteiger partial charge on any atom is 0.234 e. The van der Waals surface area contributed by atoms with Gasteiger partial charge < -0.3 is 14.2 Å². The molecule has 2 aromatic heterocycles. The van der Waals surface area contributed by atoms with Crippen molar-refractivity contribution in [2.24, 2.45) is 0 Å². The third kappa shape index (κ3) is 3.80. The molecule has 28 heavy (non-hydrogen) atoms. The Balaban J connectivity index is 1.33. The van der Waals surface area contributed by atoms with Gasteiger partial charge in [-0.05, 0) is 12.1 Å². The molecule has 0 aliphatic carbocycles. The number of benzene rings is 1. The lowest BCUT2D eigenvalue weighted by Crippen LogP contribution is -2.49. The lowest BCUT2D eigenvalue weighted by molar-refractivity contribution is -0.128. The third-order valence-corrected chi connectivity index (χ3v) is 5.57. The molecule has 1 aliphatic heterocycles. The van der Waals surface area contributed by atoms with Crippen molar-refractivity contribution in [2.45, 2.75) is 11.9 Å². The van der Waals surface area contributed by atoms with Gasteiger partial charge in [-0.3, -0.25) is 4.79 Å². The zero-order chi connectivity index (χ0) is 19.5. The van der Waals surface area contributed by atoms with Gasteiger partial charge in [0.1, 0.15) is 6.07 Å². The second-order valence-corrected chi connectivity index (χ2v) is 7.49. The molecule has 0 spiro atoms. The summed E-state index contributed by atoms with van der Waals surface area (Å²) in [6, 6.07) is 14.0. The number of carbonyl (C=O) groups excluding carboxylic acids is 1. The van der Waals surface area contributed by atoms with Crippen molar-refractivity contribution >= 4 is 34.5 Å². The van der Waals surface area contributed by atoms with E-state index in [1.807, 2.05) is 46.2 Å². The molecule has 1 aliphatic rings. The van der Waals surface area contributed by atoms with Crippen molar-refractivity contribution in [3.63, 3.8) is 0 Å². The SMILES string of the molecule is Cc1nc(C#N)c(N2CCN(C(=O)CSc3ccc4ccccc4n3)CC2)o1. The van der Waals surface area contributed by atoms with E-state index in [2.05, 4.69) is 16.0 Å². The summed E-state index contributed by atoms with van der Waals surface area (Å²) in [7, 11) is 0. The van der Waals surface area contributed by atoms with Crippen LogP contribution in [0.2, 0.25) is 0 Å². The molecular formula is C20H19N5O2S. The average molecular weight is 393 g/mol. The maximum atomic E-state index is 12.6.